The van der Waals surface area contributed by atoms with Gasteiger partial charge in [-0.1, -0.05) is 40.2 Å². The number of rotatable bonds is 8. The van der Waals surface area contributed by atoms with E-state index >= 15 is 0 Å². The van der Waals surface area contributed by atoms with Crippen LogP contribution >= 0.6 is 31.9 Å². The molecule has 0 spiro atoms. The Balaban J connectivity index is 0.000000320. The number of carbonyl (C=O) groups is 1. The Labute approximate surface area is 239 Å². The number of hydrogen-bond acceptors (Lipinski definition) is 5. The van der Waals surface area contributed by atoms with E-state index < -0.39 is 22.3 Å². The number of aromatic nitrogens is 1. The maximum Gasteiger partial charge on any atom is 0.490 e. The number of benzene rings is 3. The molecule has 0 bridgehead atoms. The summed E-state index contributed by atoms with van der Waals surface area (Å²) in [6.45, 7) is -0.223. The van der Waals surface area contributed by atoms with E-state index in [1.165, 1.54) is 12.1 Å². The molecule has 1 heterocycles. The average Bonchev–Trinajstić information content (AvgIpc) is 3.26. The van der Waals surface area contributed by atoms with Crippen LogP contribution in [-0.2, 0) is 26.1 Å². The van der Waals surface area contributed by atoms with Crippen LogP contribution in [0, 0.1) is 0 Å². The maximum atomic E-state index is 12.0. The molecule has 1 aromatic heterocycles. The lowest BCUT2D eigenvalue weighted by Gasteiger charge is -2.10. The predicted molar refractivity (Wildman–Crippen MR) is 146 cm³/mol. The normalized spacial score (nSPS) is 11.5. The van der Waals surface area contributed by atoms with Crippen LogP contribution in [0.15, 0.2) is 86.6 Å². The molecule has 208 valence electrons. The third kappa shape index (κ3) is 9.67. The minimum absolute atomic E-state index is 0.0966. The number of esters is 1. The zero-order chi connectivity index (χ0) is 28.6. The molecule has 4 rings (SSSR count). The highest BCUT2D eigenvalue weighted by molar-refractivity contribution is 9.10. The van der Waals surface area contributed by atoms with E-state index in [1.54, 1.807) is 18.2 Å². The van der Waals surface area contributed by atoms with Crippen molar-refractivity contribution >= 4 is 58.9 Å². The molecule has 0 aliphatic rings. The number of H-pyrrole nitrogens is 1. The van der Waals surface area contributed by atoms with Crippen molar-refractivity contribution < 1.29 is 40.4 Å². The number of carbonyl (C=O) groups excluding carboxylic acids is 1. The topological polar surface area (TPSA) is 106 Å². The number of halogens is 5. The summed E-state index contributed by atoms with van der Waals surface area (Å²) < 4.78 is 76.7. The van der Waals surface area contributed by atoms with E-state index in [1.807, 2.05) is 36.4 Å². The SMILES string of the molecule is O=C(OCCCOc1ccc(Cc2cc3ccccc3[nH]2)cc1Br)C(F)(F)F.O=S(=O)(O)c1ccc(Br)cc1. The maximum absolute atomic E-state index is 12.0. The lowest BCUT2D eigenvalue weighted by atomic mass is 10.1. The van der Waals surface area contributed by atoms with Gasteiger partial charge in [-0.15, -0.1) is 0 Å². The van der Waals surface area contributed by atoms with Crippen molar-refractivity contribution in [2.75, 3.05) is 13.2 Å². The Kier molecular flexibility index (Phi) is 10.6. The Morgan fingerprint density at radius 2 is 1.64 bits per heavy atom. The summed E-state index contributed by atoms with van der Waals surface area (Å²) in [4.78, 5) is 13.9. The van der Waals surface area contributed by atoms with Crippen molar-refractivity contribution in [2.24, 2.45) is 0 Å². The van der Waals surface area contributed by atoms with E-state index in [9.17, 15) is 26.4 Å². The Bertz CT molecular complexity index is 1490. The molecule has 2 N–H and O–H groups in total. The van der Waals surface area contributed by atoms with Crippen molar-refractivity contribution in [1.29, 1.82) is 0 Å². The highest BCUT2D eigenvalue weighted by atomic mass is 79.9. The molecule has 0 saturated heterocycles. The standard InChI is InChI=1S/C20H17BrF3NO3.C6H5BrO3S/c21-16-11-13(10-15-12-14-4-1-2-5-17(14)25-15)6-7-18(16)27-8-3-9-28-19(26)20(22,23)24;7-5-1-3-6(4-2-5)11(8,9)10/h1-2,4-7,11-12,25H,3,8-10H2;1-4H,(H,8,9,10). The van der Waals surface area contributed by atoms with Crippen molar-refractivity contribution in [3.05, 3.63) is 93.0 Å². The number of nitrogens with one attached hydrogen (secondary N) is 1. The van der Waals surface area contributed by atoms with Crippen LogP contribution in [0.2, 0.25) is 0 Å². The van der Waals surface area contributed by atoms with E-state index in [0.29, 0.717) is 5.75 Å². The fraction of sp³-hybridized carbons (Fsp3) is 0.192. The van der Waals surface area contributed by atoms with Crippen LogP contribution in [-0.4, -0.2) is 43.3 Å². The molecular formula is C26H22Br2F3NO6S. The van der Waals surface area contributed by atoms with Gasteiger partial charge in [-0.2, -0.15) is 21.6 Å². The second-order valence-corrected chi connectivity index (χ2v) is 11.3. The van der Waals surface area contributed by atoms with Crippen LogP contribution in [0.25, 0.3) is 10.9 Å². The highest BCUT2D eigenvalue weighted by Gasteiger charge is 2.40. The number of alkyl halides is 3. The van der Waals surface area contributed by atoms with Gasteiger partial charge in [0, 0.05) is 28.5 Å². The van der Waals surface area contributed by atoms with Crippen LogP contribution in [0.5, 0.6) is 5.75 Å². The van der Waals surface area contributed by atoms with Gasteiger partial charge < -0.3 is 14.5 Å². The number of ether oxygens (including phenoxy) is 2. The summed E-state index contributed by atoms with van der Waals surface area (Å²) in [6, 6.07) is 21.5. The van der Waals surface area contributed by atoms with E-state index in [4.69, 9.17) is 9.29 Å². The molecule has 0 atom stereocenters. The average molecular weight is 693 g/mol. The summed E-state index contributed by atoms with van der Waals surface area (Å²) in [5, 5.41) is 1.16. The number of fused-ring (bicyclic) bond motifs is 1. The molecule has 7 nitrogen and oxygen atoms in total. The van der Waals surface area contributed by atoms with Gasteiger partial charge in [-0.25, -0.2) is 4.79 Å². The van der Waals surface area contributed by atoms with Crippen LogP contribution in [0.4, 0.5) is 13.2 Å². The van der Waals surface area contributed by atoms with Crippen molar-refractivity contribution in [2.45, 2.75) is 23.9 Å². The smallest absolute Gasteiger partial charge is 0.490 e. The summed E-state index contributed by atoms with van der Waals surface area (Å²) >= 11 is 6.58. The molecule has 4 aromatic rings. The van der Waals surface area contributed by atoms with Crippen molar-refractivity contribution in [1.82, 2.24) is 4.98 Å². The van der Waals surface area contributed by atoms with Crippen molar-refractivity contribution in [3.8, 4) is 5.75 Å². The van der Waals surface area contributed by atoms with Gasteiger partial charge in [-0.3, -0.25) is 4.55 Å². The monoisotopic (exact) mass is 691 g/mol. The molecule has 0 unspecified atom stereocenters. The third-order valence-electron chi connectivity index (χ3n) is 5.10. The summed E-state index contributed by atoms with van der Waals surface area (Å²) in [7, 11) is -4.04. The lowest BCUT2D eigenvalue weighted by molar-refractivity contribution is -0.199. The molecule has 0 fully saturated rings. The number of hydrogen-bond donors (Lipinski definition) is 2. The fourth-order valence-corrected chi connectivity index (χ4v) is 4.60. The Morgan fingerprint density at radius 3 is 2.26 bits per heavy atom. The molecule has 0 saturated carbocycles. The second-order valence-electron chi connectivity index (χ2n) is 8.09. The van der Waals surface area contributed by atoms with Gasteiger partial charge in [0.25, 0.3) is 10.1 Å². The zero-order valence-electron chi connectivity index (χ0n) is 20.0. The van der Waals surface area contributed by atoms with E-state index in [2.05, 4.69) is 47.6 Å². The number of aromatic amines is 1. The first-order chi connectivity index (χ1) is 18.3. The van der Waals surface area contributed by atoms with Gasteiger partial charge >= 0.3 is 12.1 Å². The summed E-state index contributed by atoms with van der Waals surface area (Å²) in [5.41, 5.74) is 3.25. The first-order valence-corrected chi connectivity index (χ1v) is 14.3. The first-order valence-electron chi connectivity index (χ1n) is 11.3. The predicted octanol–water partition coefficient (Wildman–Crippen LogP) is 7.09. The zero-order valence-corrected chi connectivity index (χ0v) is 24.0. The van der Waals surface area contributed by atoms with Gasteiger partial charge in [0.05, 0.1) is 22.6 Å². The van der Waals surface area contributed by atoms with E-state index in [-0.39, 0.29) is 24.5 Å². The molecule has 0 aliphatic heterocycles. The van der Waals surface area contributed by atoms with Gasteiger partial charge in [0.15, 0.2) is 0 Å². The molecule has 0 radical (unpaired) electrons. The molecule has 39 heavy (non-hydrogen) atoms. The fourth-order valence-electron chi connectivity index (χ4n) is 3.31. The van der Waals surface area contributed by atoms with Gasteiger partial charge in [0.1, 0.15) is 5.75 Å². The van der Waals surface area contributed by atoms with Crippen LogP contribution in [0.1, 0.15) is 17.7 Å². The lowest BCUT2D eigenvalue weighted by Crippen LogP contribution is -2.26. The molecule has 0 amide bonds. The second kappa shape index (κ2) is 13.5. The van der Waals surface area contributed by atoms with E-state index in [0.717, 1.165) is 37.5 Å². The molecule has 3 aromatic carbocycles. The first kappa shape index (κ1) is 30.7. The Hall–Kier alpha value is -2.87. The van der Waals surface area contributed by atoms with Gasteiger partial charge in [-0.05, 0) is 75.4 Å². The minimum atomic E-state index is -4.97. The van der Waals surface area contributed by atoms with Gasteiger partial charge in [0.2, 0.25) is 0 Å². The third-order valence-corrected chi connectivity index (χ3v) is 7.12. The van der Waals surface area contributed by atoms with Crippen LogP contribution < -0.4 is 4.74 Å². The largest absolute Gasteiger partial charge is 0.492 e. The summed E-state index contributed by atoms with van der Waals surface area (Å²) in [5.74, 6) is -1.61. The molecule has 13 heteroatoms. The molecular weight excluding hydrogens is 671 g/mol. The quantitative estimate of drug-likeness (QED) is 0.116. The Morgan fingerprint density at radius 1 is 0.949 bits per heavy atom. The minimum Gasteiger partial charge on any atom is -0.492 e. The van der Waals surface area contributed by atoms with Crippen LogP contribution in [0.3, 0.4) is 0 Å². The summed E-state index contributed by atoms with van der Waals surface area (Å²) in [6.07, 6.45) is -4.09. The molecule has 0 aliphatic carbocycles. The number of para-hydroxylation sites is 1. The van der Waals surface area contributed by atoms with Crippen molar-refractivity contribution in [3.63, 3.8) is 0 Å². The highest BCUT2D eigenvalue weighted by Crippen LogP contribution is 2.28.